The van der Waals surface area contributed by atoms with E-state index < -0.39 is 11.6 Å². The molecular formula is C22H24ClF2N3O2S2. The summed E-state index contributed by atoms with van der Waals surface area (Å²) in [5.74, 6) is -1.22. The lowest BCUT2D eigenvalue weighted by molar-refractivity contribution is -0.116. The van der Waals surface area contributed by atoms with Crippen LogP contribution in [0.3, 0.4) is 0 Å². The summed E-state index contributed by atoms with van der Waals surface area (Å²) in [4.78, 5) is 22.3. The molecule has 0 radical (unpaired) electrons. The molecule has 172 valence electrons. The molecule has 0 spiro atoms. The minimum Gasteiger partial charge on any atom is -0.379 e. The van der Waals surface area contributed by atoms with Crippen LogP contribution in [-0.4, -0.2) is 60.9 Å². The van der Waals surface area contributed by atoms with E-state index in [4.69, 9.17) is 4.74 Å². The SMILES string of the molecule is Cl.O=C(CSc1ccccc1)N(CCCN1CCOCC1)c1nc2c(F)cc(F)cc2s1. The van der Waals surface area contributed by atoms with Crippen molar-refractivity contribution in [3.63, 3.8) is 0 Å². The number of benzene rings is 2. The van der Waals surface area contributed by atoms with E-state index in [1.807, 2.05) is 30.3 Å². The number of carbonyl (C=O) groups excluding carboxylic acids is 1. The van der Waals surface area contributed by atoms with E-state index in [-0.39, 0.29) is 29.6 Å². The molecule has 3 aromatic rings. The van der Waals surface area contributed by atoms with Gasteiger partial charge in [-0.25, -0.2) is 13.8 Å². The lowest BCUT2D eigenvalue weighted by atomic mass is 10.3. The van der Waals surface area contributed by atoms with Crippen LogP contribution < -0.4 is 4.90 Å². The third-order valence-electron chi connectivity index (χ3n) is 5.00. The number of hydrogen-bond donors (Lipinski definition) is 0. The van der Waals surface area contributed by atoms with Crippen molar-refractivity contribution in [3.8, 4) is 0 Å². The van der Waals surface area contributed by atoms with Gasteiger partial charge in [0.2, 0.25) is 5.91 Å². The number of anilines is 1. The van der Waals surface area contributed by atoms with Crippen molar-refractivity contribution in [1.82, 2.24) is 9.88 Å². The number of carbonyl (C=O) groups is 1. The van der Waals surface area contributed by atoms with Crippen LogP contribution >= 0.6 is 35.5 Å². The molecule has 0 unspecified atom stereocenters. The maximum Gasteiger partial charge on any atom is 0.239 e. The number of rotatable bonds is 8. The second-order valence-electron chi connectivity index (χ2n) is 7.19. The van der Waals surface area contributed by atoms with E-state index in [0.717, 1.165) is 61.6 Å². The summed E-state index contributed by atoms with van der Waals surface area (Å²) in [6.07, 6.45) is 0.758. The smallest absolute Gasteiger partial charge is 0.239 e. The molecule has 32 heavy (non-hydrogen) atoms. The Morgan fingerprint density at radius 3 is 2.69 bits per heavy atom. The zero-order chi connectivity index (χ0) is 21.6. The Bertz CT molecular complexity index is 1030. The van der Waals surface area contributed by atoms with Crippen LogP contribution in [0.1, 0.15) is 6.42 Å². The molecular weight excluding hydrogens is 476 g/mol. The highest BCUT2D eigenvalue weighted by Gasteiger charge is 2.22. The van der Waals surface area contributed by atoms with Crippen molar-refractivity contribution in [2.75, 3.05) is 50.0 Å². The molecule has 1 aliphatic rings. The van der Waals surface area contributed by atoms with Gasteiger partial charge in [-0.1, -0.05) is 29.5 Å². The topological polar surface area (TPSA) is 45.7 Å². The van der Waals surface area contributed by atoms with Gasteiger partial charge < -0.3 is 4.74 Å². The van der Waals surface area contributed by atoms with E-state index in [9.17, 15) is 13.6 Å². The Labute approximate surface area is 200 Å². The van der Waals surface area contributed by atoms with Crippen LogP contribution in [0.5, 0.6) is 0 Å². The first-order chi connectivity index (χ1) is 15.1. The van der Waals surface area contributed by atoms with E-state index in [1.165, 1.54) is 17.8 Å². The number of ether oxygens (including phenoxy) is 1. The Morgan fingerprint density at radius 2 is 1.94 bits per heavy atom. The zero-order valence-electron chi connectivity index (χ0n) is 17.3. The normalized spacial score (nSPS) is 14.3. The van der Waals surface area contributed by atoms with E-state index in [0.29, 0.717) is 16.4 Å². The molecule has 0 N–H and O–H groups in total. The van der Waals surface area contributed by atoms with E-state index >= 15 is 0 Å². The third-order valence-corrected chi connectivity index (χ3v) is 7.02. The fourth-order valence-electron chi connectivity index (χ4n) is 3.40. The molecule has 1 amide bonds. The zero-order valence-corrected chi connectivity index (χ0v) is 19.8. The maximum atomic E-state index is 14.2. The lowest BCUT2D eigenvalue weighted by Crippen LogP contribution is -2.39. The van der Waals surface area contributed by atoms with Gasteiger partial charge in [-0.3, -0.25) is 14.6 Å². The Kier molecular flexibility index (Phi) is 9.24. The van der Waals surface area contributed by atoms with Gasteiger partial charge in [-0.2, -0.15) is 0 Å². The van der Waals surface area contributed by atoms with Gasteiger partial charge in [-0.05, 0) is 24.6 Å². The molecule has 4 rings (SSSR count). The first kappa shape index (κ1) is 24.9. The summed E-state index contributed by atoms with van der Waals surface area (Å²) in [5, 5.41) is 0.403. The second kappa shape index (κ2) is 11.9. The van der Waals surface area contributed by atoms with Crippen LogP contribution in [0, 0.1) is 11.6 Å². The molecule has 1 saturated heterocycles. The molecule has 1 aliphatic heterocycles. The van der Waals surface area contributed by atoms with Crippen molar-refractivity contribution < 1.29 is 18.3 Å². The van der Waals surface area contributed by atoms with Crippen molar-refractivity contribution >= 4 is 56.8 Å². The number of nitrogens with zero attached hydrogens (tertiary/aromatic N) is 3. The highest BCUT2D eigenvalue weighted by molar-refractivity contribution is 8.00. The summed E-state index contributed by atoms with van der Waals surface area (Å²) < 4.78 is 33.6. The highest BCUT2D eigenvalue weighted by atomic mass is 35.5. The third kappa shape index (κ3) is 6.39. The minimum absolute atomic E-state index is 0. The van der Waals surface area contributed by atoms with Crippen molar-refractivity contribution in [2.24, 2.45) is 0 Å². The summed E-state index contributed by atoms with van der Waals surface area (Å²) in [5.41, 5.74) is 0.100. The van der Waals surface area contributed by atoms with E-state index in [1.54, 1.807) is 4.90 Å². The summed E-state index contributed by atoms with van der Waals surface area (Å²) in [6.45, 7) is 4.51. The largest absolute Gasteiger partial charge is 0.379 e. The average Bonchev–Trinajstić information content (AvgIpc) is 3.20. The van der Waals surface area contributed by atoms with Crippen LogP contribution in [0.4, 0.5) is 13.9 Å². The number of morpholine rings is 1. The van der Waals surface area contributed by atoms with Crippen LogP contribution in [0.15, 0.2) is 47.4 Å². The van der Waals surface area contributed by atoms with Crippen molar-refractivity contribution in [1.29, 1.82) is 0 Å². The van der Waals surface area contributed by atoms with Crippen LogP contribution in [0.25, 0.3) is 10.2 Å². The first-order valence-electron chi connectivity index (χ1n) is 10.1. The molecule has 5 nitrogen and oxygen atoms in total. The standard InChI is InChI=1S/C22H23F2N3O2S2.ClH/c23-16-13-18(24)21-19(14-16)31-22(25-21)27(8-4-7-26-9-11-29-12-10-26)20(28)15-30-17-5-2-1-3-6-17;/h1-3,5-6,13-14H,4,7-12,15H2;1H. The predicted molar refractivity (Wildman–Crippen MR) is 128 cm³/mol. The highest BCUT2D eigenvalue weighted by Crippen LogP contribution is 2.32. The molecule has 0 aliphatic carbocycles. The lowest BCUT2D eigenvalue weighted by Gasteiger charge is -2.27. The van der Waals surface area contributed by atoms with Crippen LogP contribution in [-0.2, 0) is 9.53 Å². The van der Waals surface area contributed by atoms with Gasteiger partial charge in [-0.15, -0.1) is 24.2 Å². The van der Waals surface area contributed by atoms with Gasteiger partial charge in [0.1, 0.15) is 11.3 Å². The van der Waals surface area contributed by atoms with E-state index in [2.05, 4.69) is 9.88 Å². The number of halogens is 3. The van der Waals surface area contributed by atoms with Gasteiger partial charge in [0, 0.05) is 37.1 Å². The molecule has 2 aromatic carbocycles. The van der Waals surface area contributed by atoms with Gasteiger partial charge in [0.25, 0.3) is 0 Å². The summed E-state index contributed by atoms with van der Waals surface area (Å²) >= 11 is 2.59. The molecule has 0 atom stereocenters. The van der Waals surface area contributed by atoms with Gasteiger partial charge in [0.05, 0.1) is 23.7 Å². The number of aromatic nitrogens is 1. The monoisotopic (exact) mass is 499 g/mol. The maximum absolute atomic E-state index is 14.2. The number of amides is 1. The molecule has 0 bridgehead atoms. The molecule has 2 heterocycles. The Morgan fingerprint density at radius 1 is 1.19 bits per heavy atom. The van der Waals surface area contributed by atoms with Crippen LogP contribution in [0.2, 0.25) is 0 Å². The second-order valence-corrected chi connectivity index (χ2v) is 9.24. The van der Waals surface area contributed by atoms with Crippen molar-refractivity contribution in [3.05, 3.63) is 54.1 Å². The average molecular weight is 500 g/mol. The fraction of sp³-hybridized carbons (Fsp3) is 0.364. The molecule has 10 heteroatoms. The number of hydrogen-bond acceptors (Lipinski definition) is 6. The van der Waals surface area contributed by atoms with Gasteiger partial charge in [0.15, 0.2) is 10.9 Å². The Balaban J connectivity index is 0.00000289. The molecule has 1 fully saturated rings. The summed E-state index contributed by atoms with van der Waals surface area (Å²) in [7, 11) is 0. The Hall–Kier alpha value is -1.78. The quantitative estimate of drug-likeness (QED) is 0.415. The van der Waals surface area contributed by atoms with Gasteiger partial charge >= 0.3 is 0 Å². The number of thiazole rings is 1. The van der Waals surface area contributed by atoms with Crippen molar-refractivity contribution in [2.45, 2.75) is 11.3 Å². The number of fused-ring (bicyclic) bond motifs is 1. The number of thioether (sulfide) groups is 1. The molecule has 1 aromatic heterocycles. The molecule has 0 saturated carbocycles. The fourth-order valence-corrected chi connectivity index (χ4v) is 5.25. The predicted octanol–water partition coefficient (Wildman–Crippen LogP) is 4.84. The minimum atomic E-state index is -0.711. The first-order valence-corrected chi connectivity index (χ1v) is 11.9. The summed E-state index contributed by atoms with van der Waals surface area (Å²) in [6, 6.07) is 11.8.